The van der Waals surface area contributed by atoms with Crippen molar-refractivity contribution in [2.45, 2.75) is 6.04 Å². The van der Waals surface area contributed by atoms with Gasteiger partial charge in [0.15, 0.2) is 0 Å². The monoisotopic (exact) mass is 252 g/mol. The number of rotatable bonds is 3. The van der Waals surface area contributed by atoms with E-state index in [2.05, 4.69) is 5.32 Å². The van der Waals surface area contributed by atoms with Crippen molar-refractivity contribution in [1.29, 1.82) is 10.5 Å². The number of nitrogens with two attached hydrogens (primary N) is 1. The first-order valence-corrected chi connectivity index (χ1v) is 5.70. The fourth-order valence-electron chi connectivity index (χ4n) is 1.64. The number of phenolic OH excluding ortho intramolecular Hbond substituents is 1. The molecule has 94 valence electrons. The minimum Gasteiger partial charge on any atom is -0.508 e. The molecule has 0 bridgehead atoms. The molecule has 0 radical (unpaired) electrons. The number of aromatic hydroxyl groups is 1. The maximum absolute atomic E-state index is 9.19. The number of allylic oxidation sites excluding steroid dienone is 1. The average Bonchev–Trinajstić information content (AvgIpc) is 3.23. The summed E-state index contributed by atoms with van der Waals surface area (Å²) in [5.41, 5.74) is 7.46. The molecule has 5 heteroatoms. The number of hydrogen-bond donors (Lipinski definition) is 3. The highest BCUT2D eigenvalue weighted by molar-refractivity contribution is 5.65. The lowest BCUT2D eigenvalue weighted by Gasteiger charge is -2.03. The van der Waals surface area contributed by atoms with Gasteiger partial charge < -0.3 is 16.2 Å². The Kier molecular flexibility index (Phi) is 3.51. The lowest BCUT2D eigenvalue weighted by molar-refractivity contribution is 0.475. The van der Waals surface area contributed by atoms with Gasteiger partial charge >= 0.3 is 0 Å². The summed E-state index contributed by atoms with van der Waals surface area (Å²) in [5.74, 6) is 0.152. The third-order valence-corrected chi connectivity index (χ3v) is 2.78. The Hall–Kier alpha value is -2.76. The molecule has 1 fully saturated rings. The van der Waals surface area contributed by atoms with E-state index in [0.29, 0.717) is 12.1 Å². The summed E-state index contributed by atoms with van der Waals surface area (Å²) in [6, 6.07) is 10.4. The Morgan fingerprint density at radius 2 is 1.95 bits per heavy atom. The molecule has 19 heavy (non-hydrogen) atoms. The zero-order valence-electron chi connectivity index (χ0n) is 10.1. The van der Waals surface area contributed by atoms with Crippen LogP contribution in [0.15, 0.2) is 41.1 Å². The quantitative estimate of drug-likeness (QED) is 0.421. The van der Waals surface area contributed by atoms with E-state index in [1.807, 2.05) is 12.1 Å². The molecule has 1 aromatic rings. The normalized spacial score (nSPS) is 19.1. The van der Waals surface area contributed by atoms with Crippen molar-refractivity contribution < 1.29 is 5.11 Å². The minimum atomic E-state index is -0.0402. The molecule has 1 aliphatic rings. The number of nitriles is 2. The van der Waals surface area contributed by atoms with Gasteiger partial charge in [-0.05, 0) is 23.8 Å². The fraction of sp³-hybridized carbons (Fsp3) is 0.143. The third-order valence-electron chi connectivity index (χ3n) is 2.78. The van der Waals surface area contributed by atoms with E-state index in [0.717, 1.165) is 5.56 Å². The lowest BCUT2D eigenvalue weighted by Crippen LogP contribution is -2.09. The van der Waals surface area contributed by atoms with E-state index in [-0.39, 0.29) is 23.1 Å². The maximum atomic E-state index is 9.19. The Labute approximate surface area is 110 Å². The Balaban J connectivity index is 2.37. The van der Waals surface area contributed by atoms with E-state index in [1.165, 1.54) is 12.1 Å². The number of benzene rings is 1. The molecular formula is C14H12N4O. The lowest BCUT2D eigenvalue weighted by atomic mass is 10.0. The topological polar surface area (TPSA) is 116 Å². The predicted octanol–water partition coefficient (Wildman–Crippen LogP) is 1.01. The highest BCUT2D eigenvalue weighted by Crippen LogP contribution is 2.20. The molecule has 5 nitrogen and oxygen atoms in total. The molecule has 0 spiro atoms. The van der Waals surface area contributed by atoms with Gasteiger partial charge in [-0.1, -0.05) is 12.1 Å². The van der Waals surface area contributed by atoms with Gasteiger partial charge in [-0.2, -0.15) is 10.5 Å². The molecule has 2 rings (SSSR count). The molecular weight excluding hydrogens is 240 g/mol. The molecule has 1 atom stereocenters. The van der Waals surface area contributed by atoms with E-state index in [4.69, 9.17) is 16.3 Å². The first-order valence-electron chi connectivity index (χ1n) is 5.70. The second-order valence-corrected chi connectivity index (χ2v) is 4.16. The van der Waals surface area contributed by atoms with Crippen molar-refractivity contribution in [3.8, 4) is 17.9 Å². The van der Waals surface area contributed by atoms with Crippen LogP contribution < -0.4 is 11.1 Å². The van der Waals surface area contributed by atoms with Crippen molar-refractivity contribution in [3.05, 3.63) is 46.7 Å². The smallest absolute Gasteiger partial charge is 0.115 e. The zero-order valence-corrected chi connectivity index (χ0v) is 10.1. The molecule has 0 saturated carbocycles. The van der Waals surface area contributed by atoms with E-state index in [1.54, 1.807) is 18.2 Å². The minimum absolute atomic E-state index is 0.0402. The van der Waals surface area contributed by atoms with Crippen LogP contribution in [0.2, 0.25) is 0 Å². The molecule has 4 N–H and O–H groups in total. The molecule has 0 unspecified atom stereocenters. The molecule has 1 aromatic carbocycles. The van der Waals surface area contributed by atoms with Gasteiger partial charge in [-0.15, -0.1) is 0 Å². The number of hydrogen-bond acceptors (Lipinski definition) is 5. The second-order valence-electron chi connectivity index (χ2n) is 4.16. The van der Waals surface area contributed by atoms with E-state index in [9.17, 15) is 5.11 Å². The van der Waals surface area contributed by atoms with Crippen molar-refractivity contribution >= 4 is 6.08 Å². The van der Waals surface area contributed by atoms with E-state index >= 15 is 0 Å². The van der Waals surface area contributed by atoms with Crippen LogP contribution in [-0.2, 0) is 0 Å². The van der Waals surface area contributed by atoms with Gasteiger partial charge in [-0.25, -0.2) is 0 Å². The van der Waals surface area contributed by atoms with Gasteiger partial charge in [-0.3, -0.25) is 0 Å². The van der Waals surface area contributed by atoms with Crippen LogP contribution in [0, 0.1) is 22.7 Å². The summed E-state index contributed by atoms with van der Waals surface area (Å²) in [6.45, 7) is 0.710. The number of nitrogens with zero attached hydrogens (tertiary/aromatic N) is 2. The maximum Gasteiger partial charge on any atom is 0.115 e. The van der Waals surface area contributed by atoms with Crippen molar-refractivity contribution in [2.75, 3.05) is 6.54 Å². The zero-order chi connectivity index (χ0) is 13.8. The largest absolute Gasteiger partial charge is 0.508 e. The Morgan fingerprint density at radius 3 is 2.42 bits per heavy atom. The third kappa shape index (κ3) is 2.92. The molecule has 0 amide bonds. The van der Waals surface area contributed by atoms with Crippen LogP contribution in [-0.4, -0.2) is 17.7 Å². The first-order chi connectivity index (χ1) is 9.15. The summed E-state index contributed by atoms with van der Waals surface area (Å²) in [6.07, 6.45) is 1.59. The van der Waals surface area contributed by atoms with Crippen LogP contribution in [0.5, 0.6) is 5.75 Å². The molecule has 0 aliphatic carbocycles. The number of phenols is 1. The van der Waals surface area contributed by atoms with Crippen LogP contribution >= 0.6 is 0 Å². The van der Waals surface area contributed by atoms with Crippen LogP contribution in [0.25, 0.3) is 6.08 Å². The molecule has 1 heterocycles. The second kappa shape index (κ2) is 5.26. The standard InChI is InChI=1S/C14H12N4O/c15-6-10(5-9-1-3-11(19)4-2-9)14(17)12(7-16)13-8-18-13/h1-5,13,18-19H,8,17H2/b10-5+,14-12+/t13-/m0/s1. The van der Waals surface area contributed by atoms with Gasteiger partial charge in [0.2, 0.25) is 0 Å². The highest BCUT2D eigenvalue weighted by Gasteiger charge is 2.28. The van der Waals surface area contributed by atoms with Crippen molar-refractivity contribution in [2.24, 2.45) is 5.73 Å². The predicted molar refractivity (Wildman–Crippen MR) is 70.3 cm³/mol. The van der Waals surface area contributed by atoms with Crippen molar-refractivity contribution in [1.82, 2.24) is 5.32 Å². The molecule has 1 saturated heterocycles. The Morgan fingerprint density at radius 1 is 1.32 bits per heavy atom. The molecule has 0 aromatic heterocycles. The molecule has 1 aliphatic heterocycles. The SMILES string of the molecule is N#CC(=C\c1ccc(O)cc1)/C(N)=C(/C#N)[C@@H]1CN1. The first kappa shape index (κ1) is 12.7. The van der Waals surface area contributed by atoms with Crippen molar-refractivity contribution in [3.63, 3.8) is 0 Å². The summed E-state index contributed by atoms with van der Waals surface area (Å²) in [5, 5.41) is 30.4. The average molecular weight is 252 g/mol. The van der Waals surface area contributed by atoms with Crippen LogP contribution in [0.3, 0.4) is 0 Å². The van der Waals surface area contributed by atoms with Gasteiger partial charge in [0, 0.05) is 6.54 Å². The number of nitrogens with one attached hydrogen (secondary N) is 1. The Bertz CT molecular complexity index is 625. The van der Waals surface area contributed by atoms with Gasteiger partial charge in [0.05, 0.1) is 29.0 Å². The summed E-state index contributed by atoms with van der Waals surface area (Å²) < 4.78 is 0. The summed E-state index contributed by atoms with van der Waals surface area (Å²) >= 11 is 0. The highest BCUT2D eigenvalue weighted by atomic mass is 16.3. The van der Waals surface area contributed by atoms with Gasteiger partial charge in [0.25, 0.3) is 0 Å². The summed E-state index contributed by atoms with van der Waals surface area (Å²) in [4.78, 5) is 0. The van der Waals surface area contributed by atoms with Gasteiger partial charge in [0.1, 0.15) is 11.8 Å². The van der Waals surface area contributed by atoms with E-state index < -0.39 is 0 Å². The van der Waals surface area contributed by atoms with Crippen LogP contribution in [0.1, 0.15) is 5.56 Å². The van der Waals surface area contributed by atoms with Crippen LogP contribution in [0.4, 0.5) is 0 Å². The fourth-order valence-corrected chi connectivity index (χ4v) is 1.64. The summed E-state index contributed by atoms with van der Waals surface area (Å²) in [7, 11) is 0.